The molecule has 4 aromatic rings. The molecule has 0 saturated heterocycles. The molecule has 0 aliphatic carbocycles. The van der Waals surface area contributed by atoms with E-state index in [2.05, 4.69) is 39.7 Å². The van der Waals surface area contributed by atoms with E-state index in [1.54, 1.807) is 18.6 Å². The minimum atomic E-state index is 0.0292. The van der Waals surface area contributed by atoms with Crippen LogP contribution >= 0.6 is 0 Å². The van der Waals surface area contributed by atoms with Gasteiger partial charge in [-0.05, 0) is 42.3 Å². The van der Waals surface area contributed by atoms with Crippen LogP contribution in [0, 0.1) is 6.92 Å². The van der Waals surface area contributed by atoms with Gasteiger partial charge in [0.1, 0.15) is 5.82 Å². The third-order valence-corrected chi connectivity index (χ3v) is 5.58. The molecular weight excluding hydrogens is 362 g/mol. The maximum atomic E-state index is 13.2. The van der Waals surface area contributed by atoms with Crippen LogP contribution in [-0.4, -0.2) is 36.9 Å². The molecule has 1 aliphatic heterocycles. The average molecular weight is 383 g/mol. The van der Waals surface area contributed by atoms with Gasteiger partial charge in [0.25, 0.3) is 5.91 Å². The van der Waals surface area contributed by atoms with Crippen LogP contribution in [0.5, 0.6) is 0 Å². The normalized spacial score (nSPS) is 13.3. The van der Waals surface area contributed by atoms with Crippen LogP contribution in [0.3, 0.4) is 0 Å². The molecule has 144 valence electrons. The predicted octanol–water partition coefficient (Wildman–Crippen LogP) is 3.54. The Kier molecular flexibility index (Phi) is 4.12. The van der Waals surface area contributed by atoms with E-state index in [-0.39, 0.29) is 5.91 Å². The van der Waals surface area contributed by atoms with Gasteiger partial charge in [-0.2, -0.15) is 0 Å². The fraction of sp³-hybridized carbons (Fsp3) is 0.217. The van der Waals surface area contributed by atoms with Crippen LogP contribution < -0.4 is 0 Å². The van der Waals surface area contributed by atoms with Crippen LogP contribution in [0.25, 0.3) is 22.2 Å². The number of rotatable bonds is 4. The first-order valence-corrected chi connectivity index (χ1v) is 9.71. The zero-order valence-electron chi connectivity index (χ0n) is 16.5. The molecule has 0 atom stereocenters. The highest BCUT2D eigenvalue weighted by Gasteiger charge is 2.31. The molecule has 3 aromatic heterocycles. The molecule has 0 saturated carbocycles. The smallest absolute Gasteiger partial charge is 0.256 e. The molecule has 0 N–H and O–H groups in total. The Bertz CT molecular complexity index is 1230. The first kappa shape index (κ1) is 17.6. The van der Waals surface area contributed by atoms with Crippen molar-refractivity contribution in [3.8, 4) is 11.1 Å². The van der Waals surface area contributed by atoms with Gasteiger partial charge < -0.3 is 9.47 Å². The zero-order chi connectivity index (χ0) is 20.0. The number of fused-ring (bicyclic) bond motifs is 2. The fourth-order valence-electron chi connectivity index (χ4n) is 4.04. The summed E-state index contributed by atoms with van der Waals surface area (Å²) >= 11 is 0. The van der Waals surface area contributed by atoms with Crippen LogP contribution in [0.15, 0.2) is 55.0 Å². The van der Waals surface area contributed by atoms with E-state index in [4.69, 9.17) is 4.98 Å². The minimum Gasteiger partial charge on any atom is -0.332 e. The number of aromatic nitrogens is 4. The highest BCUT2D eigenvalue weighted by atomic mass is 16.2. The van der Waals surface area contributed by atoms with Crippen LogP contribution in [-0.2, 0) is 20.0 Å². The maximum Gasteiger partial charge on any atom is 0.256 e. The predicted molar refractivity (Wildman–Crippen MR) is 111 cm³/mol. The molecule has 4 heterocycles. The number of benzene rings is 1. The van der Waals surface area contributed by atoms with Gasteiger partial charge in [0, 0.05) is 44.2 Å². The van der Waals surface area contributed by atoms with Gasteiger partial charge in [0.15, 0.2) is 0 Å². The summed E-state index contributed by atoms with van der Waals surface area (Å²) < 4.78 is 2.11. The van der Waals surface area contributed by atoms with Crippen molar-refractivity contribution in [2.24, 2.45) is 7.05 Å². The van der Waals surface area contributed by atoms with Crippen molar-refractivity contribution < 1.29 is 4.79 Å². The molecular formula is C23H21N5O. The Hall–Kier alpha value is -3.54. The third kappa shape index (κ3) is 2.97. The summed E-state index contributed by atoms with van der Waals surface area (Å²) in [6, 6.07) is 12.0. The molecule has 0 radical (unpaired) electrons. The summed E-state index contributed by atoms with van der Waals surface area (Å²) in [5.74, 6) is 1.01. The molecule has 6 heteroatoms. The molecule has 0 fully saturated rings. The van der Waals surface area contributed by atoms with Crippen molar-refractivity contribution in [1.29, 1.82) is 0 Å². The Labute approximate surface area is 168 Å². The number of aryl methyl sites for hydroxylation is 2. The van der Waals surface area contributed by atoms with Crippen molar-refractivity contribution in [3.05, 3.63) is 77.6 Å². The number of nitrogens with zero attached hydrogens (tertiary/aromatic N) is 5. The van der Waals surface area contributed by atoms with E-state index in [9.17, 15) is 4.79 Å². The van der Waals surface area contributed by atoms with Gasteiger partial charge in [-0.1, -0.05) is 12.1 Å². The van der Waals surface area contributed by atoms with E-state index in [0.29, 0.717) is 25.1 Å². The van der Waals surface area contributed by atoms with Crippen LogP contribution in [0.4, 0.5) is 0 Å². The SMILES string of the molecule is Cc1ccc2c(c1)nc(CCN1Cc3nccc(-c4cccnc4)c3C1=O)n2C. The molecule has 29 heavy (non-hydrogen) atoms. The molecule has 0 spiro atoms. The molecule has 0 unspecified atom stereocenters. The monoisotopic (exact) mass is 383 g/mol. The second-order valence-corrected chi connectivity index (χ2v) is 7.48. The topological polar surface area (TPSA) is 63.9 Å². The molecule has 6 nitrogen and oxygen atoms in total. The zero-order valence-corrected chi connectivity index (χ0v) is 16.5. The molecule has 1 aromatic carbocycles. The van der Waals surface area contributed by atoms with Gasteiger partial charge in [0.2, 0.25) is 0 Å². The number of carbonyl (C=O) groups is 1. The van der Waals surface area contributed by atoms with Crippen molar-refractivity contribution >= 4 is 16.9 Å². The number of amides is 1. The lowest BCUT2D eigenvalue weighted by atomic mass is 10.0. The lowest BCUT2D eigenvalue weighted by molar-refractivity contribution is 0.0779. The van der Waals surface area contributed by atoms with E-state index < -0.39 is 0 Å². The number of carbonyl (C=O) groups excluding carboxylic acids is 1. The quantitative estimate of drug-likeness (QED) is 0.541. The molecule has 5 rings (SSSR count). The van der Waals surface area contributed by atoms with Crippen LogP contribution in [0.1, 0.15) is 27.4 Å². The van der Waals surface area contributed by atoms with Gasteiger partial charge in [-0.15, -0.1) is 0 Å². The Morgan fingerprint density at radius 3 is 2.86 bits per heavy atom. The summed E-state index contributed by atoms with van der Waals surface area (Å²) in [6.07, 6.45) is 5.99. The Morgan fingerprint density at radius 2 is 2.03 bits per heavy atom. The van der Waals surface area contributed by atoms with Gasteiger partial charge >= 0.3 is 0 Å². The Morgan fingerprint density at radius 1 is 1.14 bits per heavy atom. The first-order chi connectivity index (χ1) is 14.1. The maximum absolute atomic E-state index is 13.2. The summed E-state index contributed by atoms with van der Waals surface area (Å²) in [4.78, 5) is 28.4. The van der Waals surface area contributed by atoms with E-state index in [1.165, 1.54) is 5.56 Å². The van der Waals surface area contributed by atoms with Gasteiger partial charge in [0.05, 0.1) is 28.8 Å². The summed E-state index contributed by atoms with van der Waals surface area (Å²) in [6.45, 7) is 3.21. The average Bonchev–Trinajstić information content (AvgIpc) is 3.23. The number of imidazole rings is 1. The van der Waals surface area contributed by atoms with Gasteiger partial charge in [-0.25, -0.2) is 4.98 Å². The van der Waals surface area contributed by atoms with E-state index in [1.807, 2.05) is 30.1 Å². The number of hydrogen-bond acceptors (Lipinski definition) is 4. The van der Waals surface area contributed by atoms with Gasteiger partial charge in [-0.3, -0.25) is 14.8 Å². The lowest BCUT2D eigenvalue weighted by Crippen LogP contribution is -2.27. The molecule has 0 bridgehead atoms. The largest absolute Gasteiger partial charge is 0.332 e. The van der Waals surface area contributed by atoms with Crippen LogP contribution in [0.2, 0.25) is 0 Å². The summed E-state index contributed by atoms with van der Waals surface area (Å²) in [5, 5.41) is 0. The fourth-order valence-corrected chi connectivity index (χ4v) is 4.04. The lowest BCUT2D eigenvalue weighted by Gasteiger charge is -2.15. The standard InChI is InChI=1S/C23H21N5O/c1-15-5-6-20-18(12-15)26-21(27(20)2)8-11-28-14-19-22(23(28)29)17(7-10-25-19)16-4-3-9-24-13-16/h3-7,9-10,12-13H,8,11,14H2,1-2H3. The number of pyridine rings is 2. The van der Waals surface area contributed by atoms with Crippen molar-refractivity contribution in [2.45, 2.75) is 19.9 Å². The van der Waals surface area contributed by atoms with Crippen molar-refractivity contribution in [2.75, 3.05) is 6.54 Å². The second kappa shape index (κ2) is 6.81. The number of hydrogen-bond donors (Lipinski definition) is 0. The summed E-state index contributed by atoms with van der Waals surface area (Å²) in [5.41, 5.74) is 6.67. The Balaban J connectivity index is 1.40. The van der Waals surface area contributed by atoms with Crippen molar-refractivity contribution in [3.63, 3.8) is 0 Å². The van der Waals surface area contributed by atoms with E-state index >= 15 is 0 Å². The highest BCUT2D eigenvalue weighted by Crippen LogP contribution is 2.31. The molecule has 1 aliphatic rings. The molecule has 1 amide bonds. The van der Waals surface area contributed by atoms with E-state index in [0.717, 1.165) is 33.7 Å². The highest BCUT2D eigenvalue weighted by molar-refractivity contribution is 6.03. The first-order valence-electron chi connectivity index (χ1n) is 9.71. The summed E-state index contributed by atoms with van der Waals surface area (Å²) in [7, 11) is 2.03. The third-order valence-electron chi connectivity index (χ3n) is 5.58. The second-order valence-electron chi connectivity index (χ2n) is 7.48. The minimum absolute atomic E-state index is 0.0292. The van der Waals surface area contributed by atoms with Crippen molar-refractivity contribution in [1.82, 2.24) is 24.4 Å².